The summed E-state index contributed by atoms with van der Waals surface area (Å²) in [5, 5.41) is 2.12. The Bertz CT molecular complexity index is 674. The number of benzene rings is 1. The van der Waals surface area contributed by atoms with Crippen molar-refractivity contribution in [2.24, 2.45) is 5.41 Å². The molecule has 4 heteroatoms. The van der Waals surface area contributed by atoms with E-state index in [1.54, 1.807) is 11.3 Å². The summed E-state index contributed by atoms with van der Waals surface area (Å²) in [5.74, 6) is 0.327. The fraction of sp³-hybridized carbons (Fsp3) is 0.389. The van der Waals surface area contributed by atoms with Crippen molar-refractivity contribution in [1.29, 1.82) is 0 Å². The minimum absolute atomic E-state index is 0.143. The highest BCUT2D eigenvalue weighted by Gasteiger charge is 2.61. The summed E-state index contributed by atoms with van der Waals surface area (Å²) in [5.41, 5.74) is 0.874. The van der Waals surface area contributed by atoms with E-state index in [4.69, 9.17) is 0 Å². The van der Waals surface area contributed by atoms with Gasteiger partial charge in [-0.25, -0.2) is 0 Å². The van der Waals surface area contributed by atoms with Crippen LogP contribution in [0.2, 0.25) is 0 Å². The molecule has 2 aliphatic rings. The minimum atomic E-state index is -0.143. The maximum atomic E-state index is 13.0. The van der Waals surface area contributed by atoms with Crippen molar-refractivity contribution in [2.45, 2.75) is 38.1 Å². The van der Waals surface area contributed by atoms with Gasteiger partial charge in [0.2, 0.25) is 5.91 Å². The third-order valence-corrected chi connectivity index (χ3v) is 6.54. The van der Waals surface area contributed by atoms with E-state index in [1.165, 1.54) is 24.1 Å². The topological polar surface area (TPSA) is 20.3 Å². The van der Waals surface area contributed by atoms with Crippen molar-refractivity contribution in [3.63, 3.8) is 0 Å². The zero-order valence-corrected chi connectivity index (χ0v) is 14.7. The average molecular weight is 376 g/mol. The summed E-state index contributed by atoms with van der Waals surface area (Å²) >= 11 is 5.25. The van der Waals surface area contributed by atoms with E-state index in [-0.39, 0.29) is 11.5 Å². The molecule has 2 nitrogen and oxygen atoms in total. The maximum absolute atomic E-state index is 13.0. The van der Waals surface area contributed by atoms with E-state index in [0.29, 0.717) is 5.91 Å². The van der Waals surface area contributed by atoms with E-state index in [1.807, 2.05) is 29.2 Å². The lowest BCUT2D eigenvalue weighted by atomic mass is 9.61. The van der Waals surface area contributed by atoms with Gasteiger partial charge in [-0.3, -0.25) is 4.79 Å². The Morgan fingerprint density at radius 1 is 1.09 bits per heavy atom. The number of rotatable bonds is 2. The van der Waals surface area contributed by atoms with Crippen LogP contribution in [0.25, 0.3) is 0 Å². The molecule has 22 heavy (non-hydrogen) atoms. The predicted octanol–water partition coefficient (Wildman–Crippen LogP) is 5.55. The molecule has 0 radical (unpaired) electrons. The second kappa shape index (κ2) is 5.50. The van der Waals surface area contributed by atoms with Gasteiger partial charge in [0.25, 0.3) is 0 Å². The molecular weight excluding hydrogens is 358 g/mol. The zero-order chi connectivity index (χ0) is 15.2. The molecule has 1 aliphatic heterocycles. The molecule has 0 N–H and O–H groups in total. The fourth-order valence-corrected chi connectivity index (χ4v) is 5.24. The number of hydrogen-bond donors (Lipinski definition) is 0. The highest BCUT2D eigenvalue weighted by Crippen LogP contribution is 2.59. The quantitative estimate of drug-likeness (QED) is 0.630. The summed E-state index contributed by atoms with van der Waals surface area (Å²) in [4.78, 5) is 16.4. The molecule has 1 spiro atoms. The van der Waals surface area contributed by atoms with Crippen LogP contribution in [0.4, 0.5) is 5.69 Å². The normalized spacial score (nSPS) is 23.6. The summed E-state index contributed by atoms with van der Waals surface area (Å²) in [6.07, 6.45) is 5.72. The fourth-order valence-electron chi connectivity index (χ4n) is 4.04. The third kappa shape index (κ3) is 2.08. The van der Waals surface area contributed by atoms with Crippen LogP contribution in [-0.2, 0) is 4.79 Å². The molecule has 114 valence electrons. The van der Waals surface area contributed by atoms with Gasteiger partial charge < -0.3 is 4.90 Å². The molecule has 4 rings (SSSR count). The second-order valence-electron chi connectivity index (χ2n) is 6.29. The summed E-state index contributed by atoms with van der Waals surface area (Å²) in [7, 11) is 0. The molecule has 1 saturated heterocycles. The second-order valence-corrected chi connectivity index (χ2v) is 8.18. The van der Waals surface area contributed by atoms with Gasteiger partial charge in [0.15, 0.2) is 0 Å². The smallest absolute Gasteiger partial charge is 0.236 e. The number of β-lactam (4-membered cyclic amide) rings is 1. The van der Waals surface area contributed by atoms with Gasteiger partial charge in [0.1, 0.15) is 0 Å². The van der Waals surface area contributed by atoms with Gasteiger partial charge in [-0.2, -0.15) is 0 Å². The number of carbonyl (C=O) groups is 1. The van der Waals surface area contributed by atoms with Gasteiger partial charge >= 0.3 is 0 Å². The zero-order valence-electron chi connectivity index (χ0n) is 12.3. The predicted molar refractivity (Wildman–Crippen MR) is 94.2 cm³/mol. The molecule has 2 aromatic rings. The van der Waals surface area contributed by atoms with Crippen molar-refractivity contribution in [1.82, 2.24) is 0 Å². The monoisotopic (exact) mass is 375 g/mol. The van der Waals surface area contributed by atoms with Gasteiger partial charge in [-0.15, -0.1) is 11.3 Å². The van der Waals surface area contributed by atoms with Crippen molar-refractivity contribution in [2.75, 3.05) is 4.90 Å². The van der Waals surface area contributed by atoms with Gasteiger partial charge in [0, 0.05) is 15.0 Å². The van der Waals surface area contributed by atoms with E-state index in [9.17, 15) is 4.79 Å². The lowest BCUT2D eigenvalue weighted by Gasteiger charge is -2.57. The van der Waals surface area contributed by atoms with E-state index < -0.39 is 0 Å². The molecule has 1 aliphatic carbocycles. The van der Waals surface area contributed by atoms with Crippen LogP contribution < -0.4 is 4.90 Å². The van der Waals surface area contributed by atoms with E-state index >= 15 is 0 Å². The minimum Gasteiger partial charge on any atom is -0.302 e. The molecule has 1 amide bonds. The standard InChI is InChI=1S/C18H18BrNOS/c19-13-6-8-14(9-7-13)20-16(15-5-4-12-22-15)18(17(20)21)10-2-1-3-11-18/h4-9,12,16H,1-3,10-11H2/t16-/m1/s1. The highest BCUT2D eigenvalue weighted by atomic mass is 79.9. The Kier molecular flexibility index (Phi) is 3.61. The Balaban J connectivity index is 1.75. The first kappa shape index (κ1) is 14.5. The number of nitrogens with zero attached hydrogens (tertiary/aromatic N) is 1. The third-order valence-electron chi connectivity index (χ3n) is 5.09. The molecule has 2 heterocycles. The molecule has 1 aromatic carbocycles. The number of carbonyl (C=O) groups excluding carboxylic acids is 1. The average Bonchev–Trinajstić information content (AvgIpc) is 3.07. The van der Waals surface area contributed by atoms with Crippen LogP contribution >= 0.6 is 27.3 Å². The lowest BCUT2D eigenvalue weighted by Crippen LogP contribution is -2.64. The van der Waals surface area contributed by atoms with Gasteiger partial charge in [0.05, 0.1) is 11.5 Å². The maximum Gasteiger partial charge on any atom is 0.236 e. The van der Waals surface area contributed by atoms with Crippen LogP contribution in [0.15, 0.2) is 46.3 Å². The van der Waals surface area contributed by atoms with Crippen molar-refractivity contribution in [3.05, 3.63) is 51.1 Å². The number of halogens is 1. The molecule has 1 atom stereocenters. The molecule has 2 fully saturated rings. The molecule has 0 bridgehead atoms. The largest absolute Gasteiger partial charge is 0.302 e. The van der Waals surface area contributed by atoms with E-state index in [0.717, 1.165) is 23.0 Å². The Hall–Kier alpha value is -1.13. The van der Waals surface area contributed by atoms with Crippen LogP contribution in [0.5, 0.6) is 0 Å². The van der Waals surface area contributed by atoms with Crippen molar-refractivity contribution in [3.8, 4) is 0 Å². The van der Waals surface area contributed by atoms with Gasteiger partial charge in [-0.05, 0) is 48.6 Å². The SMILES string of the molecule is O=C1N(c2ccc(Br)cc2)[C@H](c2cccs2)C12CCCCC2. The Morgan fingerprint density at radius 3 is 2.45 bits per heavy atom. The van der Waals surface area contributed by atoms with Crippen LogP contribution in [-0.4, -0.2) is 5.91 Å². The lowest BCUT2D eigenvalue weighted by molar-refractivity contribution is -0.143. The summed E-state index contributed by atoms with van der Waals surface area (Å²) in [6, 6.07) is 12.6. The summed E-state index contributed by atoms with van der Waals surface area (Å²) in [6.45, 7) is 0. The number of anilines is 1. The molecule has 1 saturated carbocycles. The van der Waals surface area contributed by atoms with Crippen LogP contribution in [0, 0.1) is 5.41 Å². The Labute approximate surface area is 143 Å². The molecular formula is C18H18BrNOS. The first-order chi connectivity index (χ1) is 10.7. The van der Waals surface area contributed by atoms with Crippen LogP contribution in [0.1, 0.15) is 43.0 Å². The van der Waals surface area contributed by atoms with Crippen molar-refractivity contribution >= 4 is 38.9 Å². The number of hydrogen-bond acceptors (Lipinski definition) is 2. The van der Waals surface area contributed by atoms with E-state index in [2.05, 4.69) is 33.4 Å². The highest BCUT2D eigenvalue weighted by molar-refractivity contribution is 9.10. The van der Waals surface area contributed by atoms with Crippen molar-refractivity contribution < 1.29 is 4.79 Å². The Morgan fingerprint density at radius 2 is 1.82 bits per heavy atom. The first-order valence-corrected chi connectivity index (χ1v) is 9.52. The molecule has 1 aromatic heterocycles. The number of thiophene rings is 1. The summed E-state index contributed by atoms with van der Waals surface area (Å²) < 4.78 is 1.05. The van der Waals surface area contributed by atoms with Crippen LogP contribution in [0.3, 0.4) is 0 Å². The first-order valence-electron chi connectivity index (χ1n) is 7.85. The molecule has 0 unspecified atom stereocenters. The van der Waals surface area contributed by atoms with Gasteiger partial charge in [-0.1, -0.05) is 41.3 Å². The number of amides is 1.